The molecule has 2 aliphatic rings. The molecule has 1 saturated heterocycles. The zero-order valence-electron chi connectivity index (χ0n) is 10.9. The third-order valence-corrected chi connectivity index (χ3v) is 3.47. The molecule has 1 aromatic rings. The van der Waals surface area contributed by atoms with E-state index >= 15 is 0 Å². The first-order chi connectivity index (χ1) is 9.36. The van der Waals surface area contributed by atoms with Gasteiger partial charge in [0.25, 0.3) is 0 Å². The number of anilines is 1. The van der Waals surface area contributed by atoms with Crippen LogP contribution in [0.25, 0.3) is 0 Å². The fourth-order valence-electron chi connectivity index (χ4n) is 2.45. The molecule has 1 fully saturated rings. The van der Waals surface area contributed by atoms with Gasteiger partial charge >= 0.3 is 0 Å². The Hall–Kier alpha value is -1.46. The molecule has 1 atom stereocenters. The van der Waals surface area contributed by atoms with E-state index in [1.165, 1.54) is 0 Å². The molecular weight excluding hydrogens is 246 g/mol. The van der Waals surface area contributed by atoms with E-state index in [0.29, 0.717) is 19.9 Å². The summed E-state index contributed by atoms with van der Waals surface area (Å²) in [6.45, 7) is 2.90. The molecule has 0 radical (unpaired) electrons. The molecule has 1 N–H and O–H groups in total. The van der Waals surface area contributed by atoms with Gasteiger partial charge in [-0.15, -0.1) is 0 Å². The fraction of sp³-hybridized carbons (Fsp3) is 0.571. The molecule has 0 amide bonds. The summed E-state index contributed by atoms with van der Waals surface area (Å²) in [5, 5.41) is 8.84. The van der Waals surface area contributed by atoms with Gasteiger partial charge in [0.1, 0.15) is 19.9 Å². The second kappa shape index (κ2) is 5.67. The normalized spacial score (nSPS) is 21.7. The molecule has 5 nitrogen and oxygen atoms in total. The minimum atomic E-state index is 0.209. The van der Waals surface area contributed by atoms with E-state index in [-0.39, 0.29) is 12.7 Å². The van der Waals surface area contributed by atoms with E-state index in [1.807, 2.05) is 18.2 Å². The standard InChI is InChI=1S/C14H19NO4/c16-5-1-2-12-9-15(10-19-12)11-3-4-13-14(8-11)18-7-6-17-13/h3-4,8,12,16H,1-2,5-7,9-10H2. The average molecular weight is 265 g/mol. The molecule has 5 heteroatoms. The average Bonchev–Trinajstić information content (AvgIpc) is 2.93. The summed E-state index contributed by atoms with van der Waals surface area (Å²) in [6, 6.07) is 5.99. The van der Waals surface area contributed by atoms with Gasteiger partial charge in [0.05, 0.1) is 6.10 Å². The van der Waals surface area contributed by atoms with Crippen molar-refractivity contribution < 1.29 is 19.3 Å². The molecular formula is C14H19NO4. The van der Waals surface area contributed by atoms with Gasteiger partial charge in [-0.05, 0) is 25.0 Å². The van der Waals surface area contributed by atoms with Crippen LogP contribution in [0.15, 0.2) is 18.2 Å². The van der Waals surface area contributed by atoms with Gasteiger partial charge in [-0.25, -0.2) is 0 Å². The predicted octanol–water partition coefficient (Wildman–Crippen LogP) is 1.39. The Morgan fingerprint density at radius 2 is 2.05 bits per heavy atom. The number of ether oxygens (including phenoxy) is 3. The van der Waals surface area contributed by atoms with Crippen molar-refractivity contribution in [2.24, 2.45) is 0 Å². The summed E-state index contributed by atoms with van der Waals surface area (Å²) >= 11 is 0. The van der Waals surface area contributed by atoms with Crippen LogP contribution < -0.4 is 14.4 Å². The SMILES string of the molecule is OCCCC1CN(c2ccc3c(c2)OCCO3)CO1. The van der Waals surface area contributed by atoms with Gasteiger partial charge in [0.15, 0.2) is 11.5 Å². The highest BCUT2D eigenvalue weighted by atomic mass is 16.6. The van der Waals surface area contributed by atoms with Crippen LogP contribution in [0, 0.1) is 0 Å². The lowest BCUT2D eigenvalue weighted by Gasteiger charge is -2.22. The number of hydrogen-bond donors (Lipinski definition) is 1. The highest BCUT2D eigenvalue weighted by molar-refractivity contribution is 5.57. The Morgan fingerprint density at radius 3 is 2.89 bits per heavy atom. The zero-order valence-corrected chi connectivity index (χ0v) is 10.9. The van der Waals surface area contributed by atoms with Crippen molar-refractivity contribution in [2.45, 2.75) is 18.9 Å². The van der Waals surface area contributed by atoms with Crippen molar-refractivity contribution in [3.8, 4) is 11.5 Å². The van der Waals surface area contributed by atoms with Crippen molar-refractivity contribution in [3.05, 3.63) is 18.2 Å². The molecule has 0 spiro atoms. The van der Waals surface area contributed by atoms with Crippen molar-refractivity contribution in [3.63, 3.8) is 0 Å². The first-order valence-corrected chi connectivity index (χ1v) is 6.74. The summed E-state index contributed by atoms with van der Waals surface area (Å²) in [5.74, 6) is 1.62. The summed E-state index contributed by atoms with van der Waals surface area (Å²) in [7, 11) is 0. The van der Waals surface area contributed by atoms with Crippen LogP contribution >= 0.6 is 0 Å². The molecule has 104 valence electrons. The Bertz CT molecular complexity index is 437. The molecule has 0 aliphatic carbocycles. The summed E-state index contributed by atoms with van der Waals surface area (Å²) in [4.78, 5) is 2.18. The van der Waals surface area contributed by atoms with E-state index < -0.39 is 0 Å². The van der Waals surface area contributed by atoms with Gasteiger partial charge in [0.2, 0.25) is 0 Å². The maximum atomic E-state index is 8.84. The predicted molar refractivity (Wildman–Crippen MR) is 70.8 cm³/mol. The minimum Gasteiger partial charge on any atom is -0.486 e. The smallest absolute Gasteiger partial charge is 0.163 e. The highest BCUT2D eigenvalue weighted by Crippen LogP contribution is 2.35. The lowest BCUT2D eigenvalue weighted by atomic mass is 10.2. The molecule has 2 heterocycles. The van der Waals surface area contributed by atoms with E-state index in [1.54, 1.807) is 0 Å². The number of nitrogens with zero attached hydrogens (tertiary/aromatic N) is 1. The van der Waals surface area contributed by atoms with Crippen molar-refractivity contribution in [1.29, 1.82) is 0 Å². The summed E-state index contributed by atoms with van der Waals surface area (Å²) in [5.41, 5.74) is 1.09. The second-order valence-corrected chi connectivity index (χ2v) is 4.83. The molecule has 0 aromatic heterocycles. The van der Waals surface area contributed by atoms with Crippen LogP contribution in [0.3, 0.4) is 0 Å². The van der Waals surface area contributed by atoms with Crippen molar-refractivity contribution in [1.82, 2.24) is 0 Å². The molecule has 0 bridgehead atoms. The Balaban J connectivity index is 1.66. The van der Waals surface area contributed by atoms with Crippen molar-refractivity contribution >= 4 is 5.69 Å². The van der Waals surface area contributed by atoms with E-state index in [2.05, 4.69) is 4.90 Å². The maximum absolute atomic E-state index is 8.84. The van der Waals surface area contributed by atoms with Gasteiger partial charge in [-0.2, -0.15) is 0 Å². The van der Waals surface area contributed by atoms with Gasteiger partial charge in [-0.1, -0.05) is 0 Å². The number of hydrogen-bond acceptors (Lipinski definition) is 5. The van der Waals surface area contributed by atoms with Crippen LogP contribution in [0.2, 0.25) is 0 Å². The molecule has 1 unspecified atom stereocenters. The number of rotatable bonds is 4. The van der Waals surface area contributed by atoms with E-state index in [4.69, 9.17) is 19.3 Å². The monoisotopic (exact) mass is 265 g/mol. The minimum absolute atomic E-state index is 0.209. The van der Waals surface area contributed by atoms with Crippen molar-refractivity contribution in [2.75, 3.05) is 38.0 Å². The van der Waals surface area contributed by atoms with E-state index in [0.717, 1.165) is 36.6 Å². The molecule has 3 rings (SSSR count). The second-order valence-electron chi connectivity index (χ2n) is 4.83. The first-order valence-electron chi connectivity index (χ1n) is 6.74. The summed E-state index contributed by atoms with van der Waals surface area (Å²) < 4.78 is 16.8. The lowest BCUT2D eigenvalue weighted by molar-refractivity contribution is 0.102. The zero-order chi connectivity index (χ0) is 13.1. The number of fused-ring (bicyclic) bond motifs is 1. The van der Waals surface area contributed by atoms with Crippen LogP contribution in [-0.4, -0.2) is 44.3 Å². The van der Waals surface area contributed by atoms with Crippen LogP contribution in [0.1, 0.15) is 12.8 Å². The Morgan fingerprint density at radius 1 is 1.21 bits per heavy atom. The largest absolute Gasteiger partial charge is 0.486 e. The lowest BCUT2D eigenvalue weighted by Crippen LogP contribution is -2.22. The molecule has 0 saturated carbocycles. The third-order valence-electron chi connectivity index (χ3n) is 3.47. The number of benzene rings is 1. The molecule has 19 heavy (non-hydrogen) atoms. The Kier molecular flexibility index (Phi) is 3.75. The molecule has 2 aliphatic heterocycles. The van der Waals surface area contributed by atoms with Gasteiger partial charge in [-0.3, -0.25) is 0 Å². The van der Waals surface area contributed by atoms with Gasteiger partial charge < -0.3 is 24.2 Å². The third kappa shape index (κ3) is 2.77. The van der Waals surface area contributed by atoms with E-state index in [9.17, 15) is 0 Å². The first kappa shape index (κ1) is 12.6. The van der Waals surface area contributed by atoms with Crippen LogP contribution in [0.4, 0.5) is 5.69 Å². The summed E-state index contributed by atoms with van der Waals surface area (Å²) in [6.07, 6.45) is 1.90. The number of aliphatic hydroxyl groups excluding tert-OH is 1. The van der Waals surface area contributed by atoms with Crippen LogP contribution in [0.5, 0.6) is 11.5 Å². The highest BCUT2D eigenvalue weighted by Gasteiger charge is 2.24. The quantitative estimate of drug-likeness (QED) is 0.891. The molecule has 1 aromatic carbocycles. The van der Waals surface area contributed by atoms with Gasteiger partial charge in [0, 0.05) is 24.9 Å². The maximum Gasteiger partial charge on any atom is 0.163 e. The van der Waals surface area contributed by atoms with Crippen LogP contribution in [-0.2, 0) is 4.74 Å². The number of aliphatic hydroxyl groups is 1. The topological polar surface area (TPSA) is 51.2 Å². The fourth-order valence-corrected chi connectivity index (χ4v) is 2.45. The Labute approximate surface area is 112 Å².